The zero-order chi connectivity index (χ0) is 12.5. The van der Waals surface area contributed by atoms with Crippen molar-refractivity contribution in [3.05, 3.63) is 34.9 Å². The van der Waals surface area contributed by atoms with Gasteiger partial charge in [-0.15, -0.1) is 0 Å². The first-order valence-corrected chi connectivity index (χ1v) is 7.34. The van der Waals surface area contributed by atoms with Gasteiger partial charge in [-0.25, -0.2) is 0 Å². The van der Waals surface area contributed by atoms with Crippen LogP contribution < -0.4 is 5.32 Å². The lowest BCUT2D eigenvalue weighted by molar-refractivity contribution is 0.217. The Kier molecular flexibility index (Phi) is 3.60. The Morgan fingerprint density at radius 3 is 2.72 bits per heavy atom. The first-order chi connectivity index (χ1) is 8.81. The summed E-state index contributed by atoms with van der Waals surface area (Å²) in [5, 5.41) is 4.27. The Morgan fingerprint density at radius 1 is 1.28 bits per heavy atom. The van der Waals surface area contributed by atoms with E-state index in [1.807, 2.05) is 19.2 Å². The minimum absolute atomic E-state index is 0.513. The lowest BCUT2D eigenvalue weighted by Gasteiger charge is -2.29. The number of nitrogens with one attached hydrogen (secondary N) is 1. The molecular weight excluding hydrogens is 244 g/mol. The van der Waals surface area contributed by atoms with E-state index in [2.05, 4.69) is 22.3 Å². The average Bonchev–Trinajstić information content (AvgIpc) is 3.13. The summed E-state index contributed by atoms with van der Waals surface area (Å²) in [7, 11) is 2.05. The molecule has 1 saturated carbocycles. The van der Waals surface area contributed by atoms with Crippen LogP contribution in [0.1, 0.15) is 30.9 Å². The smallest absolute Gasteiger partial charge is 0.0453 e. The van der Waals surface area contributed by atoms with Crippen LogP contribution in [0, 0.1) is 5.92 Å². The SMILES string of the molecule is CNCC1CCN(C2CC2)C1c1ccccc1Cl. The largest absolute Gasteiger partial charge is 0.319 e. The van der Waals surface area contributed by atoms with Gasteiger partial charge in [-0.3, -0.25) is 4.90 Å². The van der Waals surface area contributed by atoms with Gasteiger partial charge < -0.3 is 5.32 Å². The maximum Gasteiger partial charge on any atom is 0.0453 e. The van der Waals surface area contributed by atoms with E-state index in [0.29, 0.717) is 12.0 Å². The molecule has 1 aliphatic carbocycles. The molecule has 0 spiro atoms. The van der Waals surface area contributed by atoms with Gasteiger partial charge in [0.1, 0.15) is 0 Å². The standard InChI is InChI=1S/C15H21ClN2/c1-17-10-11-8-9-18(12-6-7-12)15(11)13-4-2-3-5-14(13)16/h2-5,11-12,15,17H,6-10H2,1H3. The van der Waals surface area contributed by atoms with Crippen LogP contribution in [-0.2, 0) is 0 Å². The van der Waals surface area contributed by atoms with Crippen LogP contribution >= 0.6 is 11.6 Å². The molecule has 1 heterocycles. The monoisotopic (exact) mass is 264 g/mol. The maximum atomic E-state index is 6.41. The first-order valence-electron chi connectivity index (χ1n) is 6.96. The van der Waals surface area contributed by atoms with Gasteiger partial charge in [0.05, 0.1) is 0 Å². The fourth-order valence-electron chi connectivity index (χ4n) is 3.32. The lowest BCUT2D eigenvalue weighted by atomic mass is 9.93. The van der Waals surface area contributed by atoms with Crippen molar-refractivity contribution in [2.75, 3.05) is 20.1 Å². The zero-order valence-electron chi connectivity index (χ0n) is 10.9. The number of nitrogens with zero attached hydrogens (tertiary/aromatic N) is 1. The molecule has 0 bridgehead atoms. The predicted molar refractivity (Wildman–Crippen MR) is 76.0 cm³/mol. The van der Waals surface area contributed by atoms with Crippen molar-refractivity contribution >= 4 is 11.6 Å². The van der Waals surface area contributed by atoms with E-state index in [1.54, 1.807) is 0 Å². The second-order valence-electron chi connectivity index (χ2n) is 5.54. The van der Waals surface area contributed by atoms with Crippen molar-refractivity contribution in [2.24, 2.45) is 5.92 Å². The number of likely N-dealkylation sites (tertiary alicyclic amines) is 1. The number of hydrogen-bond acceptors (Lipinski definition) is 2. The third-order valence-electron chi connectivity index (χ3n) is 4.27. The van der Waals surface area contributed by atoms with E-state index in [9.17, 15) is 0 Å². The van der Waals surface area contributed by atoms with Crippen molar-refractivity contribution in [2.45, 2.75) is 31.3 Å². The van der Waals surface area contributed by atoms with Crippen molar-refractivity contribution in [3.63, 3.8) is 0 Å². The van der Waals surface area contributed by atoms with Gasteiger partial charge in [0.15, 0.2) is 0 Å². The van der Waals surface area contributed by atoms with Crippen LogP contribution in [0.5, 0.6) is 0 Å². The maximum absolute atomic E-state index is 6.41. The molecule has 2 unspecified atom stereocenters. The minimum atomic E-state index is 0.513. The summed E-state index contributed by atoms with van der Waals surface area (Å²) in [5.41, 5.74) is 1.32. The van der Waals surface area contributed by atoms with E-state index < -0.39 is 0 Å². The number of benzene rings is 1. The number of rotatable bonds is 4. The highest BCUT2D eigenvalue weighted by Crippen LogP contribution is 2.45. The fraction of sp³-hybridized carbons (Fsp3) is 0.600. The van der Waals surface area contributed by atoms with E-state index in [4.69, 9.17) is 11.6 Å². The first kappa shape index (κ1) is 12.5. The van der Waals surface area contributed by atoms with Gasteiger partial charge in [0.2, 0.25) is 0 Å². The highest BCUT2D eigenvalue weighted by atomic mass is 35.5. The zero-order valence-corrected chi connectivity index (χ0v) is 11.7. The van der Waals surface area contributed by atoms with Crippen molar-refractivity contribution < 1.29 is 0 Å². The van der Waals surface area contributed by atoms with Gasteiger partial charge in [0.25, 0.3) is 0 Å². The molecule has 2 aliphatic rings. The molecule has 1 saturated heterocycles. The molecule has 0 aromatic heterocycles. The average molecular weight is 265 g/mol. The van der Waals surface area contributed by atoms with Crippen LogP contribution in [0.2, 0.25) is 5.02 Å². The minimum Gasteiger partial charge on any atom is -0.319 e. The Bertz CT molecular complexity index is 417. The Balaban J connectivity index is 1.90. The normalized spacial score (nSPS) is 28.8. The summed E-state index contributed by atoms with van der Waals surface area (Å²) in [6.07, 6.45) is 4.02. The van der Waals surface area contributed by atoms with Gasteiger partial charge in [-0.2, -0.15) is 0 Å². The molecule has 1 aromatic rings. The van der Waals surface area contributed by atoms with Gasteiger partial charge >= 0.3 is 0 Å². The van der Waals surface area contributed by atoms with E-state index >= 15 is 0 Å². The van der Waals surface area contributed by atoms with Crippen LogP contribution in [0.15, 0.2) is 24.3 Å². The third kappa shape index (κ3) is 2.29. The molecule has 3 rings (SSSR count). The van der Waals surface area contributed by atoms with Crippen molar-refractivity contribution in [1.82, 2.24) is 10.2 Å². The van der Waals surface area contributed by atoms with Gasteiger partial charge in [-0.05, 0) is 56.9 Å². The molecule has 0 radical (unpaired) electrons. The predicted octanol–water partition coefficient (Wildman–Crippen LogP) is 3.08. The number of hydrogen-bond donors (Lipinski definition) is 1. The second kappa shape index (κ2) is 5.20. The summed E-state index contributed by atoms with van der Waals surface area (Å²) in [6.45, 7) is 2.31. The van der Waals surface area contributed by atoms with Crippen LogP contribution in [0.4, 0.5) is 0 Å². The molecular formula is C15H21ClN2. The van der Waals surface area contributed by atoms with Crippen LogP contribution in [0.25, 0.3) is 0 Å². The Labute approximate surface area is 114 Å². The van der Waals surface area contributed by atoms with Crippen LogP contribution in [-0.4, -0.2) is 31.1 Å². The fourth-order valence-corrected chi connectivity index (χ4v) is 3.57. The number of halogens is 1. The summed E-state index contributed by atoms with van der Waals surface area (Å²) in [5.74, 6) is 0.690. The highest BCUT2D eigenvalue weighted by molar-refractivity contribution is 6.31. The molecule has 2 nitrogen and oxygen atoms in total. The molecule has 98 valence electrons. The summed E-state index contributed by atoms with van der Waals surface area (Å²) in [6, 6.07) is 9.69. The van der Waals surface area contributed by atoms with E-state index in [-0.39, 0.29) is 0 Å². The molecule has 1 N–H and O–H groups in total. The lowest BCUT2D eigenvalue weighted by Crippen LogP contribution is -2.30. The summed E-state index contributed by atoms with van der Waals surface area (Å²) < 4.78 is 0. The van der Waals surface area contributed by atoms with Crippen molar-refractivity contribution in [3.8, 4) is 0 Å². The van der Waals surface area contributed by atoms with Crippen molar-refractivity contribution in [1.29, 1.82) is 0 Å². The molecule has 0 amide bonds. The van der Waals surface area contributed by atoms with Crippen LogP contribution in [0.3, 0.4) is 0 Å². The van der Waals surface area contributed by atoms with E-state index in [1.165, 1.54) is 31.4 Å². The topological polar surface area (TPSA) is 15.3 Å². The third-order valence-corrected chi connectivity index (χ3v) is 4.61. The summed E-state index contributed by atoms with van der Waals surface area (Å²) >= 11 is 6.41. The second-order valence-corrected chi connectivity index (χ2v) is 5.95. The molecule has 18 heavy (non-hydrogen) atoms. The van der Waals surface area contributed by atoms with Gasteiger partial charge in [0, 0.05) is 17.1 Å². The quantitative estimate of drug-likeness (QED) is 0.899. The van der Waals surface area contributed by atoms with Gasteiger partial charge in [-0.1, -0.05) is 29.8 Å². The Hall–Kier alpha value is -0.570. The molecule has 1 aliphatic heterocycles. The molecule has 1 aromatic carbocycles. The molecule has 2 atom stereocenters. The summed E-state index contributed by atoms with van der Waals surface area (Å²) in [4.78, 5) is 2.68. The molecule has 3 heteroatoms. The highest BCUT2D eigenvalue weighted by Gasteiger charge is 2.42. The van der Waals surface area contributed by atoms with E-state index in [0.717, 1.165) is 17.6 Å². The Morgan fingerprint density at radius 2 is 2.06 bits per heavy atom. The molecule has 2 fully saturated rings.